The Morgan fingerprint density at radius 3 is 2.83 bits per heavy atom. The number of nitrogens with one attached hydrogen (secondary N) is 2. The minimum atomic E-state index is -4.38. The molecular weight excluding hydrogens is 309 g/mol. The number of carbonyl (C=O) groups excluding carboxylic acids is 1. The van der Waals surface area contributed by atoms with Crippen LogP contribution in [0.5, 0.6) is 0 Å². The van der Waals surface area contributed by atoms with Crippen molar-refractivity contribution in [3.05, 3.63) is 11.8 Å². The second-order valence-corrected chi connectivity index (χ2v) is 6.71. The molecule has 0 aromatic carbocycles. The standard InChI is InChI=1S/C15H21F3N4O/c1-8(10-3-4-10)6-19-14(23)11-7-20-22-12(15(16,17)18)5-9(2)21-13(11)22/h7-10,12,21H,3-6H2,1-2H3,(H,19,23)/t8?,9-,12-/m0/s1. The number of halogens is 3. The molecule has 8 heteroatoms. The predicted molar refractivity (Wildman–Crippen MR) is 79.2 cm³/mol. The molecule has 0 bridgehead atoms. The zero-order valence-corrected chi connectivity index (χ0v) is 13.2. The number of carbonyl (C=O) groups is 1. The summed E-state index contributed by atoms with van der Waals surface area (Å²) in [5.41, 5.74) is 0.175. The quantitative estimate of drug-likeness (QED) is 0.892. The Labute approximate surface area is 132 Å². The Bertz CT molecular complexity index is 594. The molecule has 1 aromatic heterocycles. The summed E-state index contributed by atoms with van der Waals surface area (Å²) in [5, 5.41) is 9.57. The van der Waals surface area contributed by atoms with Crippen molar-refractivity contribution in [2.45, 2.75) is 51.4 Å². The van der Waals surface area contributed by atoms with Crippen LogP contribution in [0.25, 0.3) is 0 Å². The monoisotopic (exact) mass is 330 g/mol. The van der Waals surface area contributed by atoms with E-state index >= 15 is 0 Å². The average molecular weight is 330 g/mol. The van der Waals surface area contributed by atoms with Gasteiger partial charge in [-0.15, -0.1) is 0 Å². The van der Waals surface area contributed by atoms with Crippen molar-refractivity contribution in [3.63, 3.8) is 0 Å². The van der Waals surface area contributed by atoms with E-state index in [0.717, 1.165) is 4.68 Å². The van der Waals surface area contributed by atoms with Gasteiger partial charge in [-0.3, -0.25) is 4.79 Å². The predicted octanol–water partition coefficient (Wildman–Crippen LogP) is 2.97. The molecule has 2 aliphatic rings. The van der Waals surface area contributed by atoms with Crippen LogP contribution in [0.1, 0.15) is 49.5 Å². The van der Waals surface area contributed by atoms with Crippen LogP contribution in [0.3, 0.4) is 0 Å². The Balaban J connectivity index is 1.76. The van der Waals surface area contributed by atoms with Crippen molar-refractivity contribution in [1.29, 1.82) is 0 Å². The lowest BCUT2D eigenvalue weighted by Crippen LogP contribution is -2.39. The first-order valence-corrected chi connectivity index (χ1v) is 7.96. The lowest BCUT2D eigenvalue weighted by atomic mass is 10.0. The van der Waals surface area contributed by atoms with Crippen molar-refractivity contribution in [1.82, 2.24) is 15.1 Å². The second-order valence-electron chi connectivity index (χ2n) is 6.71. The van der Waals surface area contributed by atoms with Crippen LogP contribution in [0.4, 0.5) is 19.0 Å². The summed E-state index contributed by atoms with van der Waals surface area (Å²) in [6, 6.07) is -2.07. The first-order chi connectivity index (χ1) is 10.8. The lowest BCUT2D eigenvalue weighted by Gasteiger charge is -2.32. The topological polar surface area (TPSA) is 59.0 Å². The number of rotatable bonds is 4. The van der Waals surface area contributed by atoms with Crippen molar-refractivity contribution >= 4 is 11.7 Å². The number of anilines is 1. The van der Waals surface area contributed by atoms with Crippen LogP contribution in [-0.2, 0) is 0 Å². The van der Waals surface area contributed by atoms with Crippen molar-refractivity contribution in [2.75, 3.05) is 11.9 Å². The summed E-state index contributed by atoms with van der Waals surface area (Å²) in [7, 11) is 0. The number of nitrogens with zero attached hydrogens (tertiary/aromatic N) is 2. The molecule has 0 spiro atoms. The molecule has 1 aliphatic heterocycles. The molecule has 1 aromatic rings. The summed E-state index contributed by atoms with van der Waals surface area (Å²) in [6.07, 6.45) is -0.890. The molecule has 2 N–H and O–H groups in total. The van der Waals surface area contributed by atoms with Crippen molar-refractivity contribution < 1.29 is 18.0 Å². The largest absolute Gasteiger partial charge is 0.410 e. The molecule has 3 rings (SSSR count). The Morgan fingerprint density at radius 2 is 2.22 bits per heavy atom. The molecular formula is C15H21F3N4O. The molecule has 0 radical (unpaired) electrons. The summed E-state index contributed by atoms with van der Waals surface area (Å²) < 4.78 is 40.4. The van der Waals surface area contributed by atoms with E-state index in [1.807, 2.05) is 0 Å². The van der Waals surface area contributed by atoms with Gasteiger partial charge in [0, 0.05) is 12.6 Å². The third kappa shape index (κ3) is 3.30. The van der Waals surface area contributed by atoms with E-state index in [0.29, 0.717) is 18.4 Å². The van der Waals surface area contributed by atoms with Gasteiger partial charge in [0.25, 0.3) is 5.91 Å². The fourth-order valence-corrected chi connectivity index (χ4v) is 3.09. The maximum Gasteiger partial charge on any atom is 0.410 e. The maximum atomic E-state index is 13.2. The molecule has 1 aliphatic carbocycles. The smallest absolute Gasteiger partial charge is 0.367 e. The number of amides is 1. The van der Waals surface area contributed by atoms with Crippen LogP contribution in [-0.4, -0.2) is 34.5 Å². The zero-order valence-electron chi connectivity index (χ0n) is 13.2. The first kappa shape index (κ1) is 16.1. The Hall–Kier alpha value is -1.73. The van der Waals surface area contributed by atoms with Gasteiger partial charge in [-0.2, -0.15) is 18.3 Å². The van der Waals surface area contributed by atoms with Crippen LogP contribution in [0, 0.1) is 11.8 Å². The van der Waals surface area contributed by atoms with Gasteiger partial charge in [0.1, 0.15) is 11.4 Å². The number of hydrogen-bond acceptors (Lipinski definition) is 3. The number of aromatic nitrogens is 2. The van der Waals surface area contributed by atoms with Gasteiger partial charge in [0.15, 0.2) is 6.04 Å². The Morgan fingerprint density at radius 1 is 1.52 bits per heavy atom. The van der Waals surface area contributed by atoms with E-state index in [2.05, 4.69) is 22.7 Å². The van der Waals surface area contributed by atoms with Crippen LogP contribution in [0.2, 0.25) is 0 Å². The molecule has 1 unspecified atom stereocenters. The fourth-order valence-electron chi connectivity index (χ4n) is 3.09. The molecule has 1 fully saturated rings. The molecule has 0 saturated heterocycles. The molecule has 23 heavy (non-hydrogen) atoms. The normalized spacial score (nSPS) is 25.4. The highest BCUT2D eigenvalue weighted by Crippen LogP contribution is 2.40. The highest BCUT2D eigenvalue weighted by molar-refractivity contribution is 5.98. The maximum absolute atomic E-state index is 13.2. The third-order valence-electron chi connectivity index (χ3n) is 4.68. The lowest BCUT2D eigenvalue weighted by molar-refractivity contribution is -0.173. The van der Waals surface area contributed by atoms with Gasteiger partial charge in [0.05, 0.1) is 6.20 Å². The fraction of sp³-hybridized carbons (Fsp3) is 0.733. The van der Waals surface area contributed by atoms with Crippen LogP contribution < -0.4 is 10.6 Å². The third-order valence-corrected chi connectivity index (χ3v) is 4.68. The summed E-state index contributed by atoms with van der Waals surface area (Å²) in [4.78, 5) is 12.3. The van der Waals surface area contributed by atoms with E-state index < -0.39 is 12.2 Å². The van der Waals surface area contributed by atoms with Gasteiger partial charge in [-0.05, 0) is 38.0 Å². The molecule has 1 saturated carbocycles. The van der Waals surface area contributed by atoms with Gasteiger partial charge in [-0.25, -0.2) is 4.68 Å². The molecule has 5 nitrogen and oxygen atoms in total. The molecule has 2 heterocycles. The molecule has 1 amide bonds. The minimum Gasteiger partial charge on any atom is -0.367 e. The van der Waals surface area contributed by atoms with Gasteiger partial charge in [0.2, 0.25) is 0 Å². The summed E-state index contributed by atoms with van der Waals surface area (Å²) >= 11 is 0. The zero-order chi connectivity index (χ0) is 16.8. The van der Waals surface area contributed by atoms with Crippen molar-refractivity contribution in [2.24, 2.45) is 11.8 Å². The summed E-state index contributed by atoms with van der Waals surface area (Å²) in [6.45, 7) is 4.28. The number of fused-ring (bicyclic) bond motifs is 1. The average Bonchev–Trinajstić information content (AvgIpc) is 3.23. The van der Waals surface area contributed by atoms with E-state index in [4.69, 9.17) is 0 Å². The van der Waals surface area contributed by atoms with Gasteiger partial charge < -0.3 is 10.6 Å². The number of hydrogen-bond donors (Lipinski definition) is 2. The van der Waals surface area contributed by atoms with Gasteiger partial charge in [-0.1, -0.05) is 6.92 Å². The van der Waals surface area contributed by atoms with E-state index in [1.165, 1.54) is 19.0 Å². The minimum absolute atomic E-state index is 0.0993. The van der Waals surface area contributed by atoms with Crippen LogP contribution >= 0.6 is 0 Å². The van der Waals surface area contributed by atoms with E-state index in [-0.39, 0.29) is 29.8 Å². The number of alkyl halides is 3. The second kappa shape index (κ2) is 5.72. The summed E-state index contributed by atoms with van der Waals surface area (Å²) in [5.74, 6) is 0.827. The molecule has 128 valence electrons. The highest BCUT2D eigenvalue weighted by Gasteiger charge is 2.46. The highest BCUT2D eigenvalue weighted by atomic mass is 19.4. The van der Waals surface area contributed by atoms with E-state index in [9.17, 15) is 18.0 Å². The van der Waals surface area contributed by atoms with Crippen molar-refractivity contribution in [3.8, 4) is 0 Å². The van der Waals surface area contributed by atoms with Crippen LogP contribution in [0.15, 0.2) is 6.20 Å². The Kier molecular flexibility index (Phi) is 4.01. The van der Waals surface area contributed by atoms with E-state index in [1.54, 1.807) is 6.92 Å². The first-order valence-electron chi connectivity index (χ1n) is 7.96. The van der Waals surface area contributed by atoms with Gasteiger partial charge >= 0.3 is 6.18 Å². The molecule has 3 atom stereocenters. The SMILES string of the molecule is CC(CNC(=O)c1cnn2c1N[C@@H](C)C[C@H]2C(F)(F)F)C1CC1.